The van der Waals surface area contributed by atoms with Crippen LogP contribution >= 0.6 is 0 Å². The van der Waals surface area contributed by atoms with Crippen molar-refractivity contribution >= 4 is 16.6 Å². The quantitative estimate of drug-likeness (QED) is 0.346. The van der Waals surface area contributed by atoms with E-state index in [0.29, 0.717) is 33.2 Å². The summed E-state index contributed by atoms with van der Waals surface area (Å²) in [5.41, 5.74) is 3.22. The highest BCUT2D eigenvalue weighted by Gasteiger charge is 2.50. The van der Waals surface area contributed by atoms with Gasteiger partial charge in [-0.25, -0.2) is 0 Å². The highest BCUT2D eigenvalue weighted by Crippen LogP contribution is 2.46. The predicted molar refractivity (Wildman–Crippen MR) is 123 cm³/mol. The van der Waals surface area contributed by atoms with Crippen molar-refractivity contribution in [2.24, 2.45) is 0 Å². The average Bonchev–Trinajstić information content (AvgIpc) is 2.94. The van der Waals surface area contributed by atoms with Crippen molar-refractivity contribution in [3.8, 4) is 0 Å². The Morgan fingerprint density at radius 3 is 0.926 bits per heavy atom. The highest BCUT2D eigenvalue weighted by atomic mass is 28.4. The zero-order chi connectivity index (χ0) is 21.2. The third kappa shape index (κ3) is 4.66. The van der Waals surface area contributed by atoms with Gasteiger partial charge in [0, 0.05) is 12.2 Å². The summed E-state index contributed by atoms with van der Waals surface area (Å²) < 4.78 is 13.5. The van der Waals surface area contributed by atoms with Crippen molar-refractivity contribution in [3.63, 3.8) is 0 Å². The number of hydrogen-bond donors (Lipinski definition) is 0. The van der Waals surface area contributed by atoms with Crippen molar-refractivity contribution in [2.45, 2.75) is 116 Å². The van der Waals surface area contributed by atoms with Gasteiger partial charge >= 0.3 is 0 Å². The molecule has 0 aromatic carbocycles. The summed E-state index contributed by atoms with van der Waals surface area (Å²) in [6.07, 6.45) is 4.04. The van der Waals surface area contributed by atoms with E-state index in [2.05, 4.69) is 83.1 Å². The normalized spacial score (nSPS) is 15.9. The lowest BCUT2D eigenvalue weighted by Crippen LogP contribution is -2.49. The number of rotatable bonds is 10. The number of hydrogen-bond acceptors (Lipinski definition) is 2. The second-order valence-electron chi connectivity index (χ2n) is 9.96. The summed E-state index contributed by atoms with van der Waals surface area (Å²) in [7, 11) is -3.97. The van der Waals surface area contributed by atoms with Gasteiger partial charge in [0.05, 0.1) is 0 Å². The zero-order valence-corrected chi connectivity index (χ0v) is 21.9. The maximum Gasteiger partial charge on any atom is 0.260 e. The van der Waals surface area contributed by atoms with E-state index in [1.54, 1.807) is 0 Å². The summed E-state index contributed by atoms with van der Waals surface area (Å²) in [5.74, 6) is 1.51. The molecule has 3 nitrogen and oxygen atoms in total. The largest absolute Gasteiger partial charge is 0.530 e. The Labute approximate surface area is 171 Å². The lowest BCUT2D eigenvalue weighted by Gasteiger charge is -2.43. The van der Waals surface area contributed by atoms with E-state index in [1.165, 1.54) is 0 Å². The molecule has 0 spiro atoms. The van der Waals surface area contributed by atoms with Gasteiger partial charge < -0.3 is 8.85 Å². The first-order chi connectivity index (χ1) is 12.3. The Morgan fingerprint density at radius 2 is 0.741 bits per heavy atom. The van der Waals surface area contributed by atoms with Crippen LogP contribution in [0.2, 0.25) is 33.2 Å². The first-order valence-electron chi connectivity index (χ1n) is 10.8. The van der Waals surface area contributed by atoms with Gasteiger partial charge in [-0.2, -0.15) is 5.32 Å². The molecule has 27 heavy (non-hydrogen) atoms. The highest BCUT2D eigenvalue weighted by molar-refractivity contribution is 6.78. The lowest BCUT2D eigenvalue weighted by atomic mass is 10.5. The third-order valence-electron chi connectivity index (χ3n) is 6.57. The number of allylic oxidation sites excluding steroid dienone is 2. The SMILES string of the molecule is CC(C)[Si](OC1=CC=C(O[Si](C(C)C)(C(C)C)C(C)C)[N]1)(C(C)C)C(C)C. The predicted octanol–water partition coefficient (Wildman–Crippen LogP) is 7.67. The second kappa shape index (κ2) is 9.21. The zero-order valence-electron chi connectivity index (χ0n) is 19.9. The summed E-state index contributed by atoms with van der Waals surface area (Å²) in [6.45, 7) is 27.7. The molecule has 0 atom stereocenters. The Hall–Kier alpha value is -0.686. The van der Waals surface area contributed by atoms with Crippen LogP contribution < -0.4 is 5.32 Å². The molecule has 0 saturated carbocycles. The van der Waals surface area contributed by atoms with E-state index in [9.17, 15) is 0 Å². The minimum Gasteiger partial charge on any atom is -0.530 e. The molecule has 1 aliphatic heterocycles. The fourth-order valence-electron chi connectivity index (χ4n) is 5.51. The van der Waals surface area contributed by atoms with Crippen LogP contribution in [0.4, 0.5) is 0 Å². The van der Waals surface area contributed by atoms with Gasteiger partial charge in [-0.3, -0.25) is 0 Å². The standard InChI is InChI=1S/C22H44NO2Si2/c1-15(2)26(16(3)4,17(5)6)24-21-13-14-22(23-21)25-27(18(7)8,19(9)10)20(11)12/h13-20H,1-12H3. The molecule has 0 amide bonds. The van der Waals surface area contributed by atoms with Crippen molar-refractivity contribution in [1.29, 1.82) is 0 Å². The molecule has 0 bridgehead atoms. The van der Waals surface area contributed by atoms with Gasteiger partial charge in [-0.1, -0.05) is 83.1 Å². The maximum absolute atomic E-state index is 6.73. The van der Waals surface area contributed by atoms with Gasteiger partial charge in [-0.05, 0) is 33.2 Å². The van der Waals surface area contributed by atoms with Crippen molar-refractivity contribution in [3.05, 3.63) is 23.9 Å². The van der Waals surface area contributed by atoms with E-state index in [4.69, 9.17) is 14.2 Å². The van der Waals surface area contributed by atoms with Gasteiger partial charge in [0.15, 0.2) is 0 Å². The van der Waals surface area contributed by atoms with Gasteiger partial charge in [0.1, 0.15) is 0 Å². The Bertz CT molecular complexity index is 457. The molecule has 0 fully saturated rings. The molecule has 0 N–H and O–H groups in total. The second-order valence-corrected chi connectivity index (χ2v) is 20.7. The Morgan fingerprint density at radius 1 is 0.519 bits per heavy atom. The van der Waals surface area contributed by atoms with E-state index in [0.717, 1.165) is 11.8 Å². The first kappa shape index (κ1) is 24.4. The van der Waals surface area contributed by atoms with Crippen molar-refractivity contribution in [2.75, 3.05) is 0 Å². The third-order valence-corrected chi connectivity index (χ3v) is 18.5. The van der Waals surface area contributed by atoms with Crippen LogP contribution in [0.25, 0.3) is 0 Å². The molecule has 1 heterocycles. The monoisotopic (exact) mass is 410 g/mol. The van der Waals surface area contributed by atoms with E-state index in [1.807, 2.05) is 12.2 Å². The molecule has 0 unspecified atom stereocenters. The summed E-state index contributed by atoms with van der Waals surface area (Å²) in [5, 5.41) is 4.80. The molecule has 1 rings (SSSR count). The van der Waals surface area contributed by atoms with Crippen molar-refractivity contribution < 1.29 is 8.85 Å². The topological polar surface area (TPSA) is 32.6 Å². The first-order valence-corrected chi connectivity index (χ1v) is 15.1. The van der Waals surface area contributed by atoms with E-state index >= 15 is 0 Å². The summed E-state index contributed by atoms with van der Waals surface area (Å²) in [6, 6.07) is 0. The minimum atomic E-state index is -1.99. The van der Waals surface area contributed by atoms with Gasteiger partial charge in [-0.15, -0.1) is 0 Å². The molecular formula is C22H44NO2Si2. The van der Waals surface area contributed by atoms with Crippen LogP contribution in [0.1, 0.15) is 83.1 Å². The molecule has 5 heteroatoms. The van der Waals surface area contributed by atoms with Gasteiger partial charge in [0.2, 0.25) is 11.8 Å². The fourth-order valence-corrected chi connectivity index (χ4v) is 15.9. The molecule has 0 aliphatic carbocycles. The smallest absolute Gasteiger partial charge is 0.260 e. The van der Waals surface area contributed by atoms with Crippen LogP contribution in [-0.2, 0) is 8.85 Å². The van der Waals surface area contributed by atoms with Crippen LogP contribution in [0.5, 0.6) is 0 Å². The molecule has 157 valence electrons. The summed E-state index contributed by atoms with van der Waals surface area (Å²) >= 11 is 0. The minimum absolute atomic E-state index is 0.536. The van der Waals surface area contributed by atoms with Crippen LogP contribution in [0, 0.1) is 0 Å². The molecular weight excluding hydrogens is 366 g/mol. The Balaban J connectivity index is 3.00. The van der Waals surface area contributed by atoms with Crippen molar-refractivity contribution in [1.82, 2.24) is 5.32 Å². The maximum atomic E-state index is 6.73. The fraction of sp³-hybridized carbons (Fsp3) is 0.818. The molecule has 1 aliphatic rings. The average molecular weight is 411 g/mol. The number of nitrogens with zero attached hydrogens (tertiary/aromatic N) is 1. The van der Waals surface area contributed by atoms with E-state index < -0.39 is 16.6 Å². The summed E-state index contributed by atoms with van der Waals surface area (Å²) in [4.78, 5) is 0. The molecule has 0 saturated heterocycles. The van der Waals surface area contributed by atoms with Crippen LogP contribution in [0.15, 0.2) is 23.9 Å². The molecule has 1 radical (unpaired) electrons. The van der Waals surface area contributed by atoms with Crippen LogP contribution in [-0.4, -0.2) is 16.6 Å². The van der Waals surface area contributed by atoms with Crippen LogP contribution in [0.3, 0.4) is 0 Å². The Kier molecular flexibility index (Phi) is 8.30. The lowest BCUT2D eigenvalue weighted by molar-refractivity contribution is 0.298. The van der Waals surface area contributed by atoms with E-state index in [-0.39, 0.29) is 0 Å². The molecule has 0 aromatic heterocycles. The van der Waals surface area contributed by atoms with Gasteiger partial charge in [0.25, 0.3) is 16.6 Å². The molecule has 0 aromatic rings.